The van der Waals surface area contributed by atoms with E-state index < -0.39 is 12.0 Å². The van der Waals surface area contributed by atoms with Crippen molar-refractivity contribution in [1.82, 2.24) is 10.6 Å². The van der Waals surface area contributed by atoms with Crippen molar-refractivity contribution in [2.24, 2.45) is 11.8 Å². The number of benzene rings is 1. The number of amides is 3. The van der Waals surface area contributed by atoms with E-state index in [9.17, 15) is 14.4 Å². The maximum atomic E-state index is 12.9. The van der Waals surface area contributed by atoms with Gasteiger partial charge in [0, 0.05) is 24.7 Å². The lowest BCUT2D eigenvalue weighted by molar-refractivity contribution is -0.132. The molecule has 0 radical (unpaired) electrons. The summed E-state index contributed by atoms with van der Waals surface area (Å²) >= 11 is 0. The van der Waals surface area contributed by atoms with E-state index in [-0.39, 0.29) is 36.1 Å². The minimum atomic E-state index is -0.596. The highest BCUT2D eigenvalue weighted by atomic mass is 16.5. The summed E-state index contributed by atoms with van der Waals surface area (Å²) in [5.41, 5.74) is 0.743. The molecule has 0 aromatic heterocycles. The highest BCUT2D eigenvalue weighted by Gasteiger charge is 2.37. The molecule has 31 heavy (non-hydrogen) atoms. The molecule has 7 nitrogen and oxygen atoms in total. The summed E-state index contributed by atoms with van der Waals surface area (Å²) < 4.78 is 5.16. The molecular weight excluding hydrogens is 394 g/mol. The molecule has 2 aliphatic rings. The van der Waals surface area contributed by atoms with Gasteiger partial charge in [-0.1, -0.05) is 39.5 Å². The van der Waals surface area contributed by atoms with Crippen LogP contribution >= 0.6 is 0 Å². The molecule has 1 aliphatic carbocycles. The van der Waals surface area contributed by atoms with E-state index in [2.05, 4.69) is 10.6 Å². The Kier molecular flexibility index (Phi) is 7.93. The van der Waals surface area contributed by atoms with Crippen molar-refractivity contribution in [3.05, 3.63) is 24.3 Å². The molecular formula is C24H35N3O4. The van der Waals surface area contributed by atoms with Crippen molar-refractivity contribution in [3.8, 4) is 5.75 Å². The molecule has 1 saturated heterocycles. The van der Waals surface area contributed by atoms with Gasteiger partial charge in [0.1, 0.15) is 11.8 Å². The van der Waals surface area contributed by atoms with Gasteiger partial charge in [-0.05, 0) is 43.0 Å². The zero-order valence-electron chi connectivity index (χ0n) is 18.9. The van der Waals surface area contributed by atoms with E-state index in [1.807, 2.05) is 26.0 Å². The van der Waals surface area contributed by atoms with Crippen LogP contribution in [0.4, 0.5) is 5.69 Å². The number of hydrogen-bond donors (Lipinski definition) is 2. The maximum absolute atomic E-state index is 12.9. The van der Waals surface area contributed by atoms with Crippen LogP contribution < -0.4 is 20.3 Å². The summed E-state index contributed by atoms with van der Waals surface area (Å²) in [7, 11) is 1.59. The highest BCUT2D eigenvalue weighted by molar-refractivity contribution is 6.01. The van der Waals surface area contributed by atoms with E-state index in [1.54, 1.807) is 24.1 Å². The first kappa shape index (κ1) is 23.1. The number of carbonyl (C=O) groups excluding carboxylic acids is 3. The summed E-state index contributed by atoms with van der Waals surface area (Å²) in [6, 6.07) is 6.81. The number of nitrogens with one attached hydrogen (secondary N) is 2. The average Bonchev–Trinajstić information content (AvgIpc) is 2.96. The molecule has 1 aromatic rings. The summed E-state index contributed by atoms with van der Waals surface area (Å²) in [6.45, 7) is 4.17. The predicted octanol–water partition coefficient (Wildman–Crippen LogP) is 3.03. The molecule has 0 bridgehead atoms. The molecule has 1 aromatic carbocycles. The van der Waals surface area contributed by atoms with E-state index in [1.165, 1.54) is 12.8 Å². The number of ether oxygens (including phenoxy) is 1. The van der Waals surface area contributed by atoms with Crippen molar-refractivity contribution in [3.63, 3.8) is 0 Å². The van der Waals surface area contributed by atoms with Crippen LogP contribution in [0.5, 0.6) is 5.75 Å². The van der Waals surface area contributed by atoms with Crippen LogP contribution in [-0.4, -0.2) is 43.5 Å². The van der Waals surface area contributed by atoms with Crippen molar-refractivity contribution >= 4 is 23.4 Å². The fourth-order valence-electron chi connectivity index (χ4n) is 4.42. The number of rotatable bonds is 7. The van der Waals surface area contributed by atoms with E-state index >= 15 is 0 Å². The quantitative estimate of drug-likeness (QED) is 0.652. The van der Waals surface area contributed by atoms with Gasteiger partial charge in [-0.2, -0.15) is 0 Å². The van der Waals surface area contributed by atoms with Crippen molar-refractivity contribution in [1.29, 1.82) is 0 Å². The second kappa shape index (κ2) is 10.6. The molecule has 2 atom stereocenters. The molecule has 1 saturated carbocycles. The first-order chi connectivity index (χ1) is 14.9. The molecule has 2 N–H and O–H groups in total. The lowest BCUT2D eigenvalue weighted by Crippen LogP contribution is -2.53. The average molecular weight is 430 g/mol. The van der Waals surface area contributed by atoms with Crippen LogP contribution in [0.3, 0.4) is 0 Å². The lowest BCUT2D eigenvalue weighted by Gasteiger charge is -2.26. The van der Waals surface area contributed by atoms with Gasteiger partial charge >= 0.3 is 0 Å². The van der Waals surface area contributed by atoms with Crippen LogP contribution in [0.1, 0.15) is 58.8 Å². The first-order valence-electron chi connectivity index (χ1n) is 11.4. The third-order valence-corrected chi connectivity index (χ3v) is 6.33. The maximum Gasteiger partial charge on any atom is 0.243 e. The monoisotopic (exact) mass is 429 g/mol. The molecule has 0 spiro atoms. The molecule has 7 heteroatoms. The Balaban J connectivity index is 1.59. The fraction of sp³-hybridized carbons (Fsp3) is 0.625. The van der Waals surface area contributed by atoms with Gasteiger partial charge in [0.05, 0.1) is 13.0 Å². The van der Waals surface area contributed by atoms with Crippen LogP contribution in [0, 0.1) is 11.8 Å². The standard InChI is InChI=1S/C24H35N3O4/c1-16(2)22(24(30)25-18-8-6-4-5-7-9-18)26-23(29)17-14-21(28)27(15-17)19-10-12-20(31-3)13-11-19/h10-13,16-18,22H,4-9,14-15H2,1-3H3,(H,25,30)(H,26,29)/t17?,22-/m1/s1. The Hall–Kier alpha value is -2.57. The van der Waals surface area contributed by atoms with E-state index in [0.717, 1.165) is 31.4 Å². The summed E-state index contributed by atoms with van der Waals surface area (Å²) in [4.78, 5) is 40.0. The lowest BCUT2D eigenvalue weighted by atomic mass is 10.00. The Morgan fingerprint density at radius 1 is 1.06 bits per heavy atom. The summed E-state index contributed by atoms with van der Waals surface area (Å²) in [6.07, 6.45) is 6.85. The molecule has 3 amide bonds. The molecule has 170 valence electrons. The van der Waals surface area contributed by atoms with Gasteiger partial charge in [-0.25, -0.2) is 0 Å². The second-order valence-electron chi connectivity index (χ2n) is 9.03. The van der Waals surface area contributed by atoms with Gasteiger partial charge < -0.3 is 20.3 Å². The molecule has 1 aliphatic heterocycles. The van der Waals surface area contributed by atoms with Crippen LogP contribution in [0.2, 0.25) is 0 Å². The van der Waals surface area contributed by atoms with E-state index in [4.69, 9.17) is 4.74 Å². The highest BCUT2D eigenvalue weighted by Crippen LogP contribution is 2.27. The molecule has 2 fully saturated rings. The van der Waals surface area contributed by atoms with Gasteiger partial charge in [0.15, 0.2) is 0 Å². The zero-order chi connectivity index (χ0) is 22.4. The number of methoxy groups -OCH3 is 1. The minimum Gasteiger partial charge on any atom is -0.497 e. The third kappa shape index (κ3) is 5.99. The number of anilines is 1. The topological polar surface area (TPSA) is 87.7 Å². The van der Waals surface area contributed by atoms with Gasteiger partial charge in [-0.15, -0.1) is 0 Å². The van der Waals surface area contributed by atoms with Gasteiger partial charge in [-0.3, -0.25) is 14.4 Å². The zero-order valence-corrected chi connectivity index (χ0v) is 18.9. The van der Waals surface area contributed by atoms with Crippen LogP contribution in [-0.2, 0) is 14.4 Å². The largest absolute Gasteiger partial charge is 0.497 e. The first-order valence-corrected chi connectivity index (χ1v) is 11.4. The van der Waals surface area contributed by atoms with Crippen molar-refractivity contribution in [2.45, 2.75) is 70.9 Å². The number of hydrogen-bond acceptors (Lipinski definition) is 4. The normalized spacial score (nSPS) is 21.0. The summed E-state index contributed by atoms with van der Waals surface area (Å²) in [5, 5.41) is 6.07. The Labute approximate surface area is 184 Å². The van der Waals surface area contributed by atoms with Crippen molar-refractivity contribution in [2.75, 3.05) is 18.6 Å². The van der Waals surface area contributed by atoms with Crippen molar-refractivity contribution < 1.29 is 19.1 Å². The van der Waals surface area contributed by atoms with Crippen LogP contribution in [0.15, 0.2) is 24.3 Å². The van der Waals surface area contributed by atoms with Crippen LogP contribution in [0.25, 0.3) is 0 Å². The smallest absolute Gasteiger partial charge is 0.243 e. The summed E-state index contributed by atoms with van der Waals surface area (Å²) in [5.74, 6) is -0.241. The Bertz CT molecular complexity index is 770. The number of nitrogens with zero attached hydrogens (tertiary/aromatic N) is 1. The third-order valence-electron chi connectivity index (χ3n) is 6.33. The Morgan fingerprint density at radius 2 is 1.71 bits per heavy atom. The van der Waals surface area contributed by atoms with Gasteiger partial charge in [0.25, 0.3) is 0 Å². The SMILES string of the molecule is COc1ccc(N2CC(C(=O)N[C@@H](C(=O)NC3CCCCCC3)C(C)C)CC2=O)cc1. The predicted molar refractivity (Wildman–Crippen MR) is 120 cm³/mol. The molecule has 1 heterocycles. The van der Waals surface area contributed by atoms with Gasteiger partial charge in [0.2, 0.25) is 17.7 Å². The fourth-order valence-corrected chi connectivity index (χ4v) is 4.42. The molecule has 1 unspecified atom stereocenters. The van der Waals surface area contributed by atoms with E-state index in [0.29, 0.717) is 12.3 Å². The number of carbonyl (C=O) groups is 3. The Morgan fingerprint density at radius 3 is 2.29 bits per heavy atom. The molecule has 3 rings (SSSR count). The second-order valence-corrected chi connectivity index (χ2v) is 9.03. The minimum absolute atomic E-state index is 0.0375.